The van der Waals surface area contributed by atoms with E-state index in [0.29, 0.717) is 5.78 Å². The molecule has 0 aliphatic rings. The minimum absolute atomic E-state index is 0.594. The molecule has 23 heavy (non-hydrogen) atoms. The second kappa shape index (κ2) is 7.69. The van der Waals surface area contributed by atoms with Gasteiger partial charge in [-0.1, -0.05) is 37.3 Å². The molecule has 0 atom stereocenters. The first kappa shape index (κ1) is 15.4. The van der Waals surface area contributed by atoms with Crippen molar-refractivity contribution in [3.05, 3.63) is 42.7 Å². The van der Waals surface area contributed by atoms with Crippen LogP contribution in [-0.4, -0.2) is 39.3 Å². The number of rotatable bonds is 8. The lowest BCUT2D eigenvalue weighted by Crippen LogP contribution is -2.10. The number of ether oxygens (including phenoxy) is 1. The number of hydrogen-bond donors (Lipinski definition) is 1. The first-order valence-corrected chi connectivity index (χ1v) is 7.96. The number of nitrogens with one attached hydrogen (secondary N) is 1. The molecule has 6 heteroatoms. The lowest BCUT2D eigenvalue weighted by atomic mass is 10.1. The van der Waals surface area contributed by atoms with Gasteiger partial charge in [0.15, 0.2) is 0 Å². The van der Waals surface area contributed by atoms with Gasteiger partial charge in [0.2, 0.25) is 0 Å². The Morgan fingerprint density at radius 2 is 2.04 bits per heavy atom. The molecule has 6 nitrogen and oxygen atoms in total. The number of nitrogens with zero attached hydrogens (tertiary/aromatic N) is 4. The van der Waals surface area contributed by atoms with Crippen LogP contribution in [0.4, 0.5) is 5.82 Å². The van der Waals surface area contributed by atoms with Gasteiger partial charge in [0, 0.05) is 31.4 Å². The second-order valence-electron chi connectivity index (χ2n) is 5.26. The Morgan fingerprint density at radius 3 is 2.87 bits per heavy atom. The van der Waals surface area contributed by atoms with Crippen molar-refractivity contribution in [1.29, 1.82) is 0 Å². The summed E-state index contributed by atoms with van der Waals surface area (Å²) in [5.41, 5.74) is 1.95. The second-order valence-corrected chi connectivity index (χ2v) is 5.26. The molecule has 3 rings (SSSR count). The molecule has 0 unspecified atom stereocenters. The summed E-state index contributed by atoms with van der Waals surface area (Å²) >= 11 is 0. The molecular formula is C17H21N5O. The van der Waals surface area contributed by atoms with E-state index in [4.69, 9.17) is 4.74 Å². The third kappa shape index (κ3) is 3.84. The van der Waals surface area contributed by atoms with Crippen molar-refractivity contribution < 1.29 is 4.74 Å². The van der Waals surface area contributed by atoms with Crippen LogP contribution in [0.2, 0.25) is 0 Å². The summed E-state index contributed by atoms with van der Waals surface area (Å²) in [5.74, 6) is 1.48. The van der Waals surface area contributed by atoms with Crippen LogP contribution in [0.1, 0.15) is 19.8 Å². The SMILES string of the molecule is CCCOCCCNc1cc(-c2ccccc2)nc2ncnn12. The van der Waals surface area contributed by atoms with Crippen LogP contribution in [0.15, 0.2) is 42.7 Å². The molecule has 0 bridgehead atoms. The van der Waals surface area contributed by atoms with Crippen molar-refractivity contribution in [3.63, 3.8) is 0 Å². The Kier molecular flexibility index (Phi) is 5.16. The third-order valence-electron chi connectivity index (χ3n) is 3.44. The summed E-state index contributed by atoms with van der Waals surface area (Å²) in [4.78, 5) is 8.77. The summed E-state index contributed by atoms with van der Waals surface area (Å²) in [6.07, 6.45) is 3.52. The number of fused-ring (bicyclic) bond motifs is 1. The minimum atomic E-state index is 0.594. The molecule has 3 aromatic rings. The van der Waals surface area contributed by atoms with Gasteiger partial charge in [0.1, 0.15) is 12.1 Å². The lowest BCUT2D eigenvalue weighted by molar-refractivity contribution is 0.134. The highest BCUT2D eigenvalue weighted by atomic mass is 16.5. The van der Waals surface area contributed by atoms with Gasteiger partial charge < -0.3 is 10.1 Å². The normalized spacial score (nSPS) is 11.0. The number of hydrogen-bond acceptors (Lipinski definition) is 5. The van der Waals surface area contributed by atoms with E-state index < -0.39 is 0 Å². The van der Waals surface area contributed by atoms with E-state index in [0.717, 1.165) is 49.7 Å². The van der Waals surface area contributed by atoms with Gasteiger partial charge in [0.05, 0.1) is 5.69 Å². The Morgan fingerprint density at radius 1 is 1.17 bits per heavy atom. The Hall–Kier alpha value is -2.47. The first-order valence-electron chi connectivity index (χ1n) is 7.96. The van der Waals surface area contributed by atoms with Gasteiger partial charge in [-0.25, -0.2) is 4.98 Å². The highest BCUT2D eigenvalue weighted by Crippen LogP contribution is 2.21. The molecule has 0 amide bonds. The van der Waals surface area contributed by atoms with Gasteiger partial charge in [-0.05, 0) is 12.8 Å². The van der Waals surface area contributed by atoms with Crippen LogP contribution in [-0.2, 0) is 4.74 Å². The molecule has 0 aliphatic carbocycles. The maximum atomic E-state index is 5.50. The van der Waals surface area contributed by atoms with E-state index >= 15 is 0 Å². The Balaban J connectivity index is 1.75. The topological polar surface area (TPSA) is 64.3 Å². The van der Waals surface area contributed by atoms with E-state index in [9.17, 15) is 0 Å². The van der Waals surface area contributed by atoms with Crippen molar-refractivity contribution >= 4 is 11.6 Å². The van der Waals surface area contributed by atoms with Gasteiger partial charge >= 0.3 is 0 Å². The molecular weight excluding hydrogens is 290 g/mol. The van der Waals surface area contributed by atoms with E-state index in [1.54, 1.807) is 4.52 Å². The highest BCUT2D eigenvalue weighted by Gasteiger charge is 2.08. The maximum Gasteiger partial charge on any atom is 0.254 e. The summed E-state index contributed by atoms with van der Waals surface area (Å²) in [6, 6.07) is 12.1. The fourth-order valence-corrected chi connectivity index (χ4v) is 2.33. The van der Waals surface area contributed by atoms with Crippen molar-refractivity contribution in [3.8, 4) is 11.3 Å². The minimum Gasteiger partial charge on any atom is -0.381 e. The molecule has 0 saturated carbocycles. The number of anilines is 1. The monoisotopic (exact) mass is 311 g/mol. The van der Waals surface area contributed by atoms with Crippen molar-refractivity contribution in [1.82, 2.24) is 19.6 Å². The van der Waals surface area contributed by atoms with Gasteiger partial charge in [0.25, 0.3) is 5.78 Å². The van der Waals surface area contributed by atoms with E-state index in [1.165, 1.54) is 6.33 Å². The smallest absolute Gasteiger partial charge is 0.254 e. The Labute approximate surface area is 135 Å². The van der Waals surface area contributed by atoms with Crippen LogP contribution in [0.5, 0.6) is 0 Å². The van der Waals surface area contributed by atoms with Crippen molar-refractivity contribution in [2.24, 2.45) is 0 Å². The molecule has 1 aromatic carbocycles. The van der Waals surface area contributed by atoms with E-state index in [2.05, 4.69) is 27.3 Å². The average Bonchev–Trinajstić information content (AvgIpc) is 3.07. The van der Waals surface area contributed by atoms with Gasteiger partial charge in [-0.3, -0.25) is 0 Å². The fourth-order valence-electron chi connectivity index (χ4n) is 2.33. The standard InChI is InChI=1S/C17H21N5O/c1-2-10-23-11-6-9-18-16-12-15(14-7-4-3-5-8-14)21-17-19-13-20-22(16)17/h3-5,7-8,12-13,18H,2,6,9-11H2,1H3. The van der Waals surface area contributed by atoms with Crippen molar-refractivity contribution in [2.75, 3.05) is 25.1 Å². The molecule has 1 N–H and O–H groups in total. The molecule has 2 heterocycles. The summed E-state index contributed by atoms with van der Waals surface area (Å²) in [6.45, 7) is 4.51. The largest absolute Gasteiger partial charge is 0.381 e. The number of benzene rings is 1. The third-order valence-corrected chi connectivity index (χ3v) is 3.44. The summed E-state index contributed by atoms with van der Waals surface area (Å²) in [7, 11) is 0. The number of aromatic nitrogens is 4. The predicted molar refractivity (Wildman–Crippen MR) is 90.4 cm³/mol. The zero-order valence-corrected chi connectivity index (χ0v) is 13.3. The lowest BCUT2D eigenvalue weighted by Gasteiger charge is -2.10. The molecule has 0 spiro atoms. The van der Waals surface area contributed by atoms with Gasteiger partial charge in [-0.15, -0.1) is 0 Å². The maximum absolute atomic E-state index is 5.50. The summed E-state index contributed by atoms with van der Waals surface area (Å²) in [5, 5.41) is 7.63. The molecule has 2 aromatic heterocycles. The molecule has 0 aliphatic heterocycles. The van der Waals surface area contributed by atoms with E-state index in [-0.39, 0.29) is 0 Å². The predicted octanol–water partition coefficient (Wildman–Crippen LogP) is 3.02. The van der Waals surface area contributed by atoms with Crippen molar-refractivity contribution in [2.45, 2.75) is 19.8 Å². The average molecular weight is 311 g/mol. The van der Waals surface area contributed by atoms with Crippen LogP contribution < -0.4 is 5.32 Å². The van der Waals surface area contributed by atoms with Crippen LogP contribution >= 0.6 is 0 Å². The van der Waals surface area contributed by atoms with Crippen LogP contribution in [0, 0.1) is 0 Å². The van der Waals surface area contributed by atoms with Crippen LogP contribution in [0.3, 0.4) is 0 Å². The zero-order chi connectivity index (χ0) is 15.9. The zero-order valence-electron chi connectivity index (χ0n) is 13.3. The molecule has 0 saturated heterocycles. The Bertz CT molecular complexity index is 741. The molecule has 120 valence electrons. The fraction of sp³-hybridized carbons (Fsp3) is 0.353. The van der Waals surface area contributed by atoms with Gasteiger partial charge in [-0.2, -0.15) is 14.6 Å². The molecule has 0 fully saturated rings. The highest BCUT2D eigenvalue weighted by molar-refractivity contribution is 5.65. The van der Waals surface area contributed by atoms with Crippen LogP contribution in [0.25, 0.3) is 17.0 Å². The summed E-state index contributed by atoms with van der Waals surface area (Å²) < 4.78 is 7.22. The van der Waals surface area contributed by atoms with E-state index in [1.807, 2.05) is 36.4 Å². The quantitative estimate of drug-likeness (QED) is 0.648. The first-order chi connectivity index (χ1) is 11.4. The molecule has 0 radical (unpaired) electrons.